The van der Waals surface area contributed by atoms with Crippen LogP contribution in [0.25, 0.3) is 0 Å². The minimum atomic E-state index is -0.828. The normalized spacial score (nSPS) is 33.7. The van der Waals surface area contributed by atoms with Crippen LogP contribution in [-0.2, 0) is 4.79 Å². The van der Waals surface area contributed by atoms with Crippen molar-refractivity contribution in [2.24, 2.45) is 5.92 Å². The molecule has 4 nitrogen and oxygen atoms in total. The molecule has 3 N–H and O–H groups in total. The lowest BCUT2D eigenvalue weighted by Crippen LogP contribution is -2.42. The Morgan fingerprint density at radius 2 is 2.20 bits per heavy atom. The number of aliphatic carboxylic acids is 1. The molecule has 1 heterocycles. The van der Waals surface area contributed by atoms with Crippen LogP contribution in [0.3, 0.4) is 0 Å². The first-order valence-electron chi connectivity index (χ1n) is 3.31. The zero-order valence-electron chi connectivity index (χ0n) is 5.58. The van der Waals surface area contributed by atoms with E-state index in [9.17, 15) is 4.79 Å². The molecule has 1 fully saturated rings. The molecule has 1 aliphatic heterocycles. The number of carboxylic acids is 1. The van der Waals surface area contributed by atoms with Gasteiger partial charge in [0.15, 0.2) is 0 Å². The van der Waals surface area contributed by atoms with Crippen LogP contribution in [0.1, 0.15) is 6.42 Å². The molecule has 0 aromatic heterocycles. The number of rotatable bonds is 1. The molecule has 2 atom stereocenters. The maximum atomic E-state index is 10.3. The minimum Gasteiger partial charge on any atom is -0.481 e. The van der Waals surface area contributed by atoms with Gasteiger partial charge < -0.3 is 15.5 Å². The van der Waals surface area contributed by atoms with Crippen molar-refractivity contribution in [1.82, 2.24) is 5.32 Å². The van der Waals surface area contributed by atoms with Crippen molar-refractivity contribution >= 4 is 5.97 Å². The summed E-state index contributed by atoms with van der Waals surface area (Å²) in [6.45, 7) is 0.996. The number of aliphatic hydroxyl groups excluding tert-OH is 1. The Bertz CT molecular complexity index is 137. The highest BCUT2D eigenvalue weighted by Crippen LogP contribution is 2.09. The highest BCUT2D eigenvalue weighted by Gasteiger charge is 2.24. The third kappa shape index (κ3) is 1.68. The Hall–Kier alpha value is -0.610. The molecular formula is C6H11NO3. The predicted molar refractivity (Wildman–Crippen MR) is 34.6 cm³/mol. The third-order valence-electron chi connectivity index (χ3n) is 1.68. The summed E-state index contributed by atoms with van der Waals surface area (Å²) in [4.78, 5) is 10.3. The molecule has 0 aromatic rings. The minimum absolute atomic E-state index is 0.377. The van der Waals surface area contributed by atoms with Crippen LogP contribution in [-0.4, -0.2) is 35.4 Å². The molecule has 0 spiro atoms. The van der Waals surface area contributed by atoms with Gasteiger partial charge in [-0.1, -0.05) is 0 Å². The molecule has 1 aliphatic rings. The molecule has 0 bridgehead atoms. The second-order valence-electron chi connectivity index (χ2n) is 2.58. The average Bonchev–Trinajstić information content (AvgIpc) is 1.88. The fourth-order valence-electron chi connectivity index (χ4n) is 1.11. The topological polar surface area (TPSA) is 69.6 Å². The summed E-state index contributed by atoms with van der Waals surface area (Å²) in [6.07, 6.45) is -0.114. The Balaban J connectivity index is 2.39. The molecule has 0 aromatic carbocycles. The summed E-state index contributed by atoms with van der Waals surface area (Å²) in [7, 11) is 0. The van der Waals surface area contributed by atoms with Gasteiger partial charge in [-0.25, -0.2) is 0 Å². The lowest BCUT2D eigenvalue weighted by Gasteiger charge is -2.23. The second kappa shape index (κ2) is 2.98. The lowest BCUT2D eigenvalue weighted by atomic mass is 9.98. The molecule has 1 unspecified atom stereocenters. The van der Waals surface area contributed by atoms with Crippen LogP contribution in [0.5, 0.6) is 0 Å². The fraction of sp³-hybridized carbons (Fsp3) is 0.833. The van der Waals surface area contributed by atoms with Crippen LogP contribution in [0.4, 0.5) is 0 Å². The number of aliphatic hydroxyl groups is 1. The van der Waals surface area contributed by atoms with Crippen LogP contribution in [0.2, 0.25) is 0 Å². The SMILES string of the molecule is O=C(O)C1CNC[C@@H](O)C1. The van der Waals surface area contributed by atoms with Crippen LogP contribution in [0, 0.1) is 5.92 Å². The van der Waals surface area contributed by atoms with Crippen molar-refractivity contribution < 1.29 is 15.0 Å². The van der Waals surface area contributed by atoms with Crippen molar-refractivity contribution in [3.05, 3.63) is 0 Å². The standard InChI is InChI=1S/C6H11NO3/c8-5-1-4(6(9)10)2-7-3-5/h4-5,7-8H,1-3H2,(H,9,10)/t4?,5-/m0/s1. The highest BCUT2D eigenvalue weighted by atomic mass is 16.4. The first-order chi connectivity index (χ1) is 4.70. The van der Waals surface area contributed by atoms with Crippen molar-refractivity contribution in [2.75, 3.05) is 13.1 Å². The number of piperidine rings is 1. The van der Waals surface area contributed by atoms with Gasteiger partial charge in [0.25, 0.3) is 0 Å². The fourth-order valence-corrected chi connectivity index (χ4v) is 1.11. The van der Waals surface area contributed by atoms with Gasteiger partial charge in [0.2, 0.25) is 0 Å². The monoisotopic (exact) mass is 145 g/mol. The highest BCUT2D eigenvalue weighted by molar-refractivity contribution is 5.70. The average molecular weight is 145 g/mol. The smallest absolute Gasteiger partial charge is 0.307 e. The van der Waals surface area contributed by atoms with Crippen LogP contribution in [0.15, 0.2) is 0 Å². The number of hydrogen-bond donors (Lipinski definition) is 3. The maximum absolute atomic E-state index is 10.3. The van der Waals surface area contributed by atoms with Crippen LogP contribution < -0.4 is 5.32 Å². The van der Waals surface area contributed by atoms with E-state index < -0.39 is 18.0 Å². The van der Waals surface area contributed by atoms with Crippen molar-refractivity contribution in [3.63, 3.8) is 0 Å². The van der Waals surface area contributed by atoms with Gasteiger partial charge in [-0.2, -0.15) is 0 Å². The maximum Gasteiger partial charge on any atom is 0.307 e. The first-order valence-corrected chi connectivity index (χ1v) is 3.31. The molecule has 58 valence electrons. The summed E-state index contributed by atoms with van der Waals surface area (Å²) >= 11 is 0. The quantitative estimate of drug-likeness (QED) is 0.444. The second-order valence-corrected chi connectivity index (χ2v) is 2.58. The van der Waals surface area contributed by atoms with Gasteiger partial charge in [0, 0.05) is 13.1 Å². The van der Waals surface area contributed by atoms with E-state index in [1.54, 1.807) is 0 Å². The van der Waals surface area contributed by atoms with E-state index in [4.69, 9.17) is 10.2 Å². The zero-order chi connectivity index (χ0) is 7.56. The Morgan fingerprint density at radius 1 is 1.50 bits per heavy atom. The van der Waals surface area contributed by atoms with Crippen molar-refractivity contribution in [3.8, 4) is 0 Å². The number of hydrogen-bond acceptors (Lipinski definition) is 3. The molecule has 10 heavy (non-hydrogen) atoms. The number of β-amino-alcohol motifs (C(OH)–C–C–N with tert-alkyl or cyclic N) is 1. The number of carboxylic acid groups (broad SMARTS) is 1. The van der Waals surface area contributed by atoms with E-state index in [0.29, 0.717) is 19.5 Å². The van der Waals surface area contributed by atoms with Gasteiger partial charge in [-0.3, -0.25) is 4.79 Å². The molecule has 0 radical (unpaired) electrons. The van der Waals surface area contributed by atoms with Gasteiger partial charge in [-0.15, -0.1) is 0 Å². The molecule has 4 heteroatoms. The summed E-state index contributed by atoms with van der Waals surface area (Å²) in [5.41, 5.74) is 0. The summed E-state index contributed by atoms with van der Waals surface area (Å²) in [5.74, 6) is -1.24. The lowest BCUT2D eigenvalue weighted by molar-refractivity contribution is -0.143. The van der Waals surface area contributed by atoms with Gasteiger partial charge in [0.05, 0.1) is 12.0 Å². The molecule has 0 saturated carbocycles. The summed E-state index contributed by atoms with van der Waals surface area (Å²) < 4.78 is 0. The van der Waals surface area contributed by atoms with E-state index in [-0.39, 0.29) is 0 Å². The molecule has 0 amide bonds. The summed E-state index contributed by atoms with van der Waals surface area (Å²) in [5, 5.41) is 20.3. The van der Waals surface area contributed by atoms with E-state index in [1.807, 2.05) is 0 Å². The van der Waals surface area contributed by atoms with E-state index >= 15 is 0 Å². The first kappa shape index (κ1) is 7.50. The van der Waals surface area contributed by atoms with E-state index in [2.05, 4.69) is 5.32 Å². The van der Waals surface area contributed by atoms with Gasteiger partial charge >= 0.3 is 5.97 Å². The van der Waals surface area contributed by atoms with Gasteiger partial charge in [-0.05, 0) is 6.42 Å². The van der Waals surface area contributed by atoms with E-state index in [1.165, 1.54) is 0 Å². The Kier molecular flexibility index (Phi) is 2.24. The Labute approximate surface area is 58.9 Å². The molecule has 1 rings (SSSR count). The largest absolute Gasteiger partial charge is 0.481 e. The van der Waals surface area contributed by atoms with Gasteiger partial charge in [0.1, 0.15) is 0 Å². The molecular weight excluding hydrogens is 134 g/mol. The van der Waals surface area contributed by atoms with Crippen molar-refractivity contribution in [1.29, 1.82) is 0 Å². The molecule has 0 aliphatic carbocycles. The van der Waals surface area contributed by atoms with E-state index in [0.717, 1.165) is 0 Å². The summed E-state index contributed by atoms with van der Waals surface area (Å²) in [6, 6.07) is 0. The zero-order valence-corrected chi connectivity index (χ0v) is 5.58. The Morgan fingerprint density at radius 3 is 2.60 bits per heavy atom. The van der Waals surface area contributed by atoms with Crippen LogP contribution >= 0.6 is 0 Å². The third-order valence-corrected chi connectivity index (χ3v) is 1.68. The number of carbonyl (C=O) groups is 1. The number of nitrogens with one attached hydrogen (secondary N) is 1. The molecule has 1 saturated heterocycles. The predicted octanol–water partition coefficient (Wildman–Crippen LogP) is -0.959. The van der Waals surface area contributed by atoms with Crippen molar-refractivity contribution in [2.45, 2.75) is 12.5 Å².